The zero-order valence-corrected chi connectivity index (χ0v) is 27.4. The summed E-state index contributed by atoms with van der Waals surface area (Å²) in [5, 5.41) is 2.39. The second-order valence-corrected chi connectivity index (χ2v) is 11.5. The molecule has 0 radical (unpaired) electrons. The molecule has 0 spiro atoms. The maximum Gasteiger partial charge on any atom is 0.161 e. The molecule has 3 aromatic rings. The van der Waals surface area contributed by atoms with E-state index in [-0.39, 0.29) is 10.8 Å². The molecule has 4 heteroatoms. The molecular weight excluding hydrogens is 496 g/mol. The molecule has 0 fully saturated rings. The van der Waals surface area contributed by atoms with Gasteiger partial charge < -0.3 is 18.9 Å². The maximum absolute atomic E-state index is 5.97. The van der Waals surface area contributed by atoms with Gasteiger partial charge in [-0.2, -0.15) is 0 Å². The van der Waals surface area contributed by atoms with Crippen molar-refractivity contribution in [1.29, 1.82) is 0 Å². The van der Waals surface area contributed by atoms with Gasteiger partial charge in [0.2, 0.25) is 0 Å². The third-order valence-corrected chi connectivity index (χ3v) is 6.87. The van der Waals surface area contributed by atoms with Gasteiger partial charge in [-0.15, -0.1) is 0 Å². The van der Waals surface area contributed by atoms with Gasteiger partial charge in [0.1, 0.15) is 0 Å². The molecule has 0 N–H and O–H groups in total. The molecule has 224 valence electrons. The van der Waals surface area contributed by atoms with Gasteiger partial charge in [0.25, 0.3) is 0 Å². The third kappa shape index (κ3) is 10.3. The Kier molecular flexibility index (Phi) is 15.0. The van der Waals surface area contributed by atoms with Gasteiger partial charge >= 0.3 is 0 Å². The topological polar surface area (TPSA) is 36.9 Å². The van der Waals surface area contributed by atoms with Crippen LogP contribution >= 0.6 is 0 Å². The van der Waals surface area contributed by atoms with E-state index < -0.39 is 0 Å². The summed E-state index contributed by atoms with van der Waals surface area (Å²) >= 11 is 0. The summed E-state index contributed by atoms with van der Waals surface area (Å²) < 4.78 is 23.5. The highest BCUT2D eigenvalue weighted by atomic mass is 16.5. The smallest absolute Gasteiger partial charge is 0.161 e. The van der Waals surface area contributed by atoms with Gasteiger partial charge in [-0.25, -0.2) is 0 Å². The number of benzene rings is 3. The Morgan fingerprint density at radius 3 is 1.02 bits per heavy atom. The summed E-state index contributed by atoms with van der Waals surface area (Å²) in [7, 11) is 0. The lowest BCUT2D eigenvalue weighted by Crippen LogP contribution is -2.30. The molecule has 3 aromatic carbocycles. The van der Waals surface area contributed by atoms with Crippen molar-refractivity contribution < 1.29 is 18.9 Å². The van der Waals surface area contributed by atoms with Crippen molar-refractivity contribution in [2.45, 2.75) is 83.1 Å². The maximum atomic E-state index is 5.97. The molecule has 0 saturated heterocycles. The number of hydrogen-bond acceptors (Lipinski definition) is 4. The summed E-state index contributed by atoms with van der Waals surface area (Å²) in [4.78, 5) is 0. The van der Waals surface area contributed by atoms with Gasteiger partial charge in [-0.3, -0.25) is 0 Å². The third-order valence-electron chi connectivity index (χ3n) is 6.87. The van der Waals surface area contributed by atoms with Crippen LogP contribution in [0.15, 0.2) is 60.7 Å². The molecular formula is C36H56O4. The first-order valence-electron chi connectivity index (χ1n) is 15.2. The normalized spacial score (nSPS) is 14.7. The molecule has 0 unspecified atom stereocenters. The second kappa shape index (κ2) is 17.0. The highest BCUT2D eigenvalue weighted by Crippen LogP contribution is 2.38. The Bertz CT molecular complexity index is 1030. The zero-order valence-electron chi connectivity index (χ0n) is 27.4. The SMILES string of the molecule is CC.CC.CC.CC(C)(C)C1COc2cc3ccccc3cc2OC1.CC(C)(C)C1COc2ccccc2OC1. The predicted molar refractivity (Wildman–Crippen MR) is 172 cm³/mol. The molecule has 0 aromatic heterocycles. The van der Waals surface area contributed by atoms with Crippen LogP contribution in [0.2, 0.25) is 0 Å². The molecule has 0 aliphatic carbocycles. The van der Waals surface area contributed by atoms with E-state index >= 15 is 0 Å². The van der Waals surface area contributed by atoms with Crippen molar-refractivity contribution in [2.75, 3.05) is 26.4 Å². The minimum absolute atomic E-state index is 0.196. The Labute approximate surface area is 245 Å². The zero-order chi connectivity index (χ0) is 30.3. The minimum atomic E-state index is 0.196. The van der Waals surface area contributed by atoms with Crippen molar-refractivity contribution in [1.82, 2.24) is 0 Å². The van der Waals surface area contributed by atoms with Gasteiger partial charge in [0.05, 0.1) is 26.4 Å². The van der Waals surface area contributed by atoms with E-state index in [1.165, 1.54) is 10.8 Å². The van der Waals surface area contributed by atoms with Crippen LogP contribution in [-0.4, -0.2) is 26.4 Å². The largest absolute Gasteiger partial charge is 0.489 e. The van der Waals surface area contributed by atoms with Crippen LogP contribution in [0.25, 0.3) is 10.8 Å². The molecule has 2 aliphatic rings. The Balaban J connectivity index is 0.000000344. The second-order valence-electron chi connectivity index (χ2n) is 11.5. The van der Waals surface area contributed by atoms with E-state index in [2.05, 4.69) is 65.8 Å². The number of hydrogen-bond donors (Lipinski definition) is 0. The summed E-state index contributed by atoms with van der Waals surface area (Å²) in [6.45, 7) is 28.3. The Hall–Kier alpha value is -2.88. The van der Waals surface area contributed by atoms with Crippen LogP contribution in [0.4, 0.5) is 0 Å². The number of rotatable bonds is 0. The van der Waals surface area contributed by atoms with Crippen LogP contribution in [0.5, 0.6) is 23.0 Å². The van der Waals surface area contributed by atoms with E-state index in [9.17, 15) is 0 Å². The van der Waals surface area contributed by atoms with E-state index in [1.807, 2.05) is 77.9 Å². The van der Waals surface area contributed by atoms with E-state index in [1.54, 1.807) is 0 Å². The number of ether oxygens (including phenoxy) is 4. The van der Waals surface area contributed by atoms with Crippen molar-refractivity contribution in [3.63, 3.8) is 0 Å². The van der Waals surface area contributed by atoms with E-state index in [0.717, 1.165) is 49.4 Å². The van der Waals surface area contributed by atoms with Crippen molar-refractivity contribution in [3.05, 3.63) is 60.7 Å². The molecule has 2 aliphatic heterocycles. The quantitative estimate of drug-likeness (QED) is 0.278. The fourth-order valence-corrected chi connectivity index (χ4v) is 3.97. The van der Waals surface area contributed by atoms with Crippen LogP contribution < -0.4 is 18.9 Å². The molecule has 2 heterocycles. The first-order valence-corrected chi connectivity index (χ1v) is 15.2. The van der Waals surface area contributed by atoms with E-state index in [0.29, 0.717) is 11.8 Å². The van der Waals surface area contributed by atoms with Crippen LogP contribution in [0, 0.1) is 22.7 Å². The molecule has 0 amide bonds. The van der Waals surface area contributed by atoms with Gasteiger partial charge in [-0.05, 0) is 45.9 Å². The van der Waals surface area contributed by atoms with Crippen molar-refractivity contribution >= 4 is 10.8 Å². The van der Waals surface area contributed by atoms with Crippen LogP contribution in [-0.2, 0) is 0 Å². The monoisotopic (exact) mass is 552 g/mol. The number of fused-ring (bicyclic) bond motifs is 3. The van der Waals surface area contributed by atoms with Gasteiger partial charge in [0, 0.05) is 11.8 Å². The molecule has 0 atom stereocenters. The molecule has 4 nitrogen and oxygen atoms in total. The number of para-hydroxylation sites is 2. The molecule has 40 heavy (non-hydrogen) atoms. The fraction of sp³-hybridized carbons (Fsp3) is 0.556. The summed E-state index contributed by atoms with van der Waals surface area (Å²) in [6, 6.07) is 20.3. The fourth-order valence-electron chi connectivity index (χ4n) is 3.97. The lowest BCUT2D eigenvalue weighted by molar-refractivity contribution is 0.114. The van der Waals surface area contributed by atoms with Crippen molar-refractivity contribution in [3.8, 4) is 23.0 Å². The highest BCUT2D eigenvalue weighted by Gasteiger charge is 2.30. The minimum Gasteiger partial charge on any atom is -0.489 e. The standard InChI is InChI=1S/C17H20O2.C13H18O2.3C2H6/c1-17(2,3)14-10-18-15-8-12-6-4-5-7-13(12)9-16(15)19-11-14;1-13(2,3)10-8-14-11-6-4-5-7-12(11)15-9-10;3*1-2/h4-9,14H,10-11H2,1-3H3;4-7,10H,8-9H2,1-3H3;3*1-2H3. The van der Waals surface area contributed by atoms with Gasteiger partial charge in [-0.1, -0.05) is 119 Å². The van der Waals surface area contributed by atoms with E-state index in [4.69, 9.17) is 18.9 Å². The lowest BCUT2D eigenvalue weighted by Gasteiger charge is -2.28. The van der Waals surface area contributed by atoms with Crippen LogP contribution in [0.3, 0.4) is 0 Å². The summed E-state index contributed by atoms with van der Waals surface area (Å²) in [6.07, 6.45) is 0. The predicted octanol–water partition coefficient (Wildman–Crippen LogP) is 10.5. The van der Waals surface area contributed by atoms with Crippen LogP contribution in [0.1, 0.15) is 83.1 Å². The average molecular weight is 553 g/mol. The Morgan fingerprint density at radius 1 is 0.450 bits per heavy atom. The highest BCUT2D eigenvalue weighted by molar-refractivity contribution is 5.86. The molecule has 0 saturated carbocycles. The molecule has 5 rings (SSSR count). The Morgan fingerprint density at radius 2 is 0.725 bits per heavy atom. The molecule has 0 bridgehead atoms. The first kappa shape index (κ1) is 35.1. The average Bonchev–Trinajstić information content (AvgIpc) is 3.32. The summed E-state index contributed by atoms with van der Waals surface area (Å²) in [5.41, 5.74) is 0.420. The lowest BCUT2D eigenvalue weighted by atomic mass is 9.82. The summed E-state index contributed by atoms with van der Waals surface area (Å²) in [5.74, 6) is 4.30. The first-order chi connectivity index (χ1) is 19.1. The van der Waals surface area contributed by atoms with Gasteiger partial charge in [0.15, 0.2) is 23.0 Å². The van der Waals surface area contributed by atoms with Crippen molar-refractivity contribution in [2.24, 2.45) is 22.7 Å².